The van der Waals surface area contributed by atoms with Gasteiger partial charge in [0.05, 0.1) is 17.6 Å². The van der Waals surface area contributed by atoms with E-state index in [9.17, 15) is 10.1 Å². The molecule has 0 saturated heterocycles. The van der Waals surface area contributed by atoms with Crippen LogP contribution in [0, 0.1) is 11.3 Å². The molecule has 94 valence electrons. The molecule has 19 heavy (non-hydrogen) atoms. The number of nitriles is 1. The van der Waals surface area contributed by atoms with Gasteiger partial charge in [-0.15, -0.1) is 0 Å². The Morgan fingerprint density at radius 2 is 1.74 bits per heavy atom. The van der Waals surface area contributed by atoms with Gasteiger partial charge in [0.25, 0.3) is 0 Å². The Hall–Kier alpha value is -2.60. The van der Waals surface area contributed by atoms with E-state index in [1.165, 1.54) is 12.1 Å². The van der Waals surface area contributed by atoms with E-state index in [-0.39, 0.29) is 11.5 Å². The first-order chi connectivity index (χ1) is 9.20. The monoisotopic (exact) mass is 251 g/mol. The predicted octanol–water partition coefficient (Wildman–Crippen LogP) is 3.23. The summed E-state index contributed by atoms with van der Waals surface area (Å²) in [5.74, 6) is -1.21. The summed E-state index contributed by atoms with van der Waals surface area (Å²) in [5, 5.41) is 18.1. The van der Waals surface area contributed by atoms with Crippen LogP contribution in [0.5, 0.6) is 0 Å². The van der Waals surface area contributed by atoms with Crippen molar-refractivity contribution >= 4 is 5.97 Å². The second-order valence-electron chi connectivity index (χ2n) is 4.30. The molecule has 2 aromatic rings. The standard InChI is InChI=1S/C16H13NO2/c17-11-15(10-12-4-2-1-3-5-12)13-6-8-14(9-7-13)16(18)19/h1-9,15H,10H2,(H,18,19). The lowest BCUT2D eigenvalue weighted by Gasteiger charge is -2.09. The Bertz CT molecular complexity index is 597. The lowest BCUT2D eigenvalue weighted by atomic mass is 9.93. The summed E-state index contributed by atoms with van der Waals surface area (Å²) in [6, 6.07) is 18.5. The van der Waals surface area contributed by atoms with Crippen LogP contribution in [0.3, 0.4) is 0 Å². The molecule has 1 N–H and O–H groups in total. The zero-order chi connectivity index (χ0) is 13.7. The minimum atomic E-state index is -0.955. The third-order valence-corrected chi connectivity index (χ3v) is 3.00. The van der Waals surface area contributed by atoms with Gasteiger partial charge >= 0.3 is 5.97 Å². The maximum Gasteiger partial charge on any atom is 0.335 e. The predicted molar refractivity (Wildman–Crippen MR) is 71.9 cm³/mol. The summed E-state index contributed by atoms with van der Waals surface area (Å²) in [4.78, 5) is 10.8. The molecule has 3 heteroatoms. The van der Waals surface area contributed by atoms with Crippen LogP contribution in [0.15, 0.2) is 54.6 Å². The minimum Gasteiger partial charge on any atom is -0.478 e. The van der Waals surface area contributed by atoms with Gasteiger partial charge in [0.2, 0.25) is 0 Å². The maximum atomic E-state index is 10.8. The fourth-order valence-electron chi connectivity index (χ4n) is 1.95. The Kier molecular flexibility index (Phi) is 3.94. The highest BCUT2D eigenvalue weighted by Crippen LogP contribution is 2.20. The average Bonchev–Trinajstić information content (AvgIpc) is 2.46. The van der Waals surface area contributed by atoms with E-state index in [4.69, 9.17) is 5.11 Å². The SMILES string of the molecule is N#CC(Cc1ccccc1)c1ccc(C(=O)O)cc1. The van der Waals surface area contributed by atoms with E-state index >= 15 is 0 Å². The van der Waals surface area contributed by atoms with Crippen molar-refractivity contribution in [3.63, 3.8) is 0 Å². The Morgan fingerprint density at radius 3 is 2.26 bits per heavy atom. The smallest absolute Gasteiger partial charge is 0.335 e. The molecule has 3 nitrogen and oxygen atoms in total. The number of benzene rings is 2. The number of nitrogens with zero attached hydrogens (tertiary/aromatic N) is 1. The van der Waals surface area contributed by atoms with Gasteiger partial charge in [0, 0.05) is 0 Å². The van der Waals surface area contributed by atoms with Crippen LogP contribution in [0.25, 0.3) is 0 Å². The van der Waals surface area contributed by atoms with E-state index in [2.05, 4.69) is 6.07 Å². The molecule has 0 bridgehead atoms. The van der Waals surface area contributed by atoms with Crippen molar-refractivity contribution in [2.45, 2.75) is 12.3 Å². The second kappa shape index (κ2) is 5.83. The van der Waals surface area contributed by atoms with Crippen LogP contribution < -0.4 is 0 Å². The van der Waals surface area contributed by atoms with Crippen molar-refractivity contribution in [1.29, 1.82) is 5.26 Å². The molecule has 0 aromatic heterocycles. The fourth-order valence-corrected chi connectivity index (χ4v) is 1.95. The van der Waals surface area contributed by atoms with Gasteiger partial charge in [-0.05, 0) is 29.7 Å². The van der Waals surface area contributed by atoms with Crippen LogP contribution in [0.1, 0.15) is 27.4 Å². The molecule has 0 spiro atoms. The van der Waals surface area contributed by atoms with E-state index in [1.807, 2.05) is 30.3 Å². The van der Waals surface area contributed by atoms with Crippen LogP contribution >= 0.6 is 0 Å². The van der Waals surface area contributed by atoms with E-state index in [1.54, 1.807) is 12.1 Å². The van der Waals surface area contributed by atoms with Crippen LogP contribution in [0.4, 0.5) is 0 Å². The highest BCUT2D eigenvalue weighted by Gasteiger charge is 2.12. The minimum absolute atomic E-state index is 0.236. The molecule has 1 atom stereocenters. The molecule has 0 aliphatic heterocycles. The number of rotatable bonds is 4. The average molecular weight is 251 g/mol. The number of carbonyl (C=O) groups is 1. The van der Waals surface area contributed by atoms with Crippen molar-refractivity contribution in [2.24, 2.45) is 0 Å². The first-order valence-electron chi connectivity index (χ1n) is 5.97. The Balaban J connectivity index is 2.18. The molecule has 1 unspecified atom stereocenters. The van der Waals surface area contributed by atoms with E-state index in [0.717, 1.165) is 11.1 Å². The number of hydrogen-bond donors (Lipinski definition) is 1. The first kappa shape index (κ1) is 12.8. The van der Waals surface area contributed by atoms with Crippen molar-refractivity contribution < 1.29 is 9.90 Å². The van der Waals surface area contributed by atoms with Crippen LogP contribution in [-0.4, -0.2) is 11.1 Å². The largest absolute Gasteiger partial charge is 0.478 e. The van der Waals surface area contributed by atoms with Crippen molar-refractivity contribution in [2.75, 3.05) is 0 Å². The Labute approximate surface area is 111 Å². The fraction of sp³-hybridized carbons (Fsp3) is 0.125. The van der Waals surface area contributed by atoms with Gasteiger partial charge in [0.1, 0.15) is 0 Å². The highest BCUT2D eigenvalue weighted by molar-refractivity contribution is 5.87. The third-order valence-electron chi connectivity index (χ3n) is 3.00. The van der Waals surface area contributed by atoms with Crippen molar-refractivity contribution in [1.82, 2.24) is 0 Å². The van der Waals surface area contributed by atoms with Gasteiger partial charge in [-0.25, -0.2) is 4.79 Å². The Morgan fingerprint density at radius 1 is 1.11 bits per heavy atom. The van der Waals surface area contributed by atoms with Crippen molar-refractivity contribution in [3.05, 3.63) is 71.3 Å². The van der Waals surface area contributed by atoms with E-state index in [0.29, 0.717) is 6.42 Å². The zero-order valence-corrected chi connectivity index (χ0v) is 10.3. The van der Waals surface area contributed by atoms with Crippen LogP contribution in [-0.2, 0) is 6.42 Å². The molecule has 0 fully saturated rings. The lowest BCUT2D eigenvalue weighted by molar-refractivity contribution is 0.0697. The topological polar surface area (TPSA) is 61.1 Å². The first-order valence-corrected chi connectivity index (χ1v) is 5.97. The maximum absolute atomic E-state index is 10.8. The number of carboxylic acid groups (broad SMARTS) is 1. The highest BCUT2D eigenvalue weighted by atomic mass is 16.4. The lowest BCUT2D eigenvalue weighted by Crippen LogP contribution is -2.02. The molecule has 0 aliphatic carbocycles. The normalized spacial score (nSPS) is 11.5. The third kappa shape index (κ3) is 3.20. The summed E-state index contributed by atoms with van der Waals surface area (Å²) in [7, 11) is 0. The summed E-state index contributed by atoms with van der Waals surface area (Å²) in [5.41, 5.74) is 2.17. The van der Waals surface area contributed by atoms with Gasteiger partial charge in [-0.2, -0.15) is 5.26 Å². The molecule has 0 aliphatic rings. The number of aromatic carboxylic acids is 1. The van der Waals surface area contributed by atoms with Gasteiger partial charge in [-0.3, -0.25) is 0 Å². The second-order valence-corrected chi connectivity index (χ2v) is 4.30. The quantitative estimate of drug-likeness (QED) is 0.907. The summed E-state index contributed by atoms with van der Waals surface area (Å²) in [6.07, 6.45) is 0.629. The molecule has 2 aromatic carbocycles. The molecule has 2 rings (SSSR count). The van der Waals surface area contributed by atoms with E-state index < -0.39 is 5.97 Å². The summed E-state index contributed by atoms with van der Waals surface area (Å²) in [6.45, 7) is 0. The van der Waals surface area contributed by atoms with Gasteiger partial charge < -0.3 is 5.11 Å². The van der Waals surface area contributed by atoms with Crippen LogP contribution in [0.2, 0.25) is 0 Å². The van der Waals surface area contributed by atoms with Gasteiger partial charge in [0.15, 0.2) is 0 Å². The zero-order valence-electron chi connectivity index (χ0n) is 10.3. The number of carboxylic acids is 1. The molecule has 0 heterocycles. The van der Waals surface area contributed by atoms with Gasteiger partial charge in [-0.1, -0.05) is 42.5 Å². The molecule has 0 radical (unpaired) electrons. The summed E-state index contributed by atoms with van der Waals surface area (Å²) >= 11 is 0. The molecule has 0 saturated carbocycles. The molecule has 0 amide bonds. The summed E-state index contributed by atoms with van der Waals surface area (Å²) < 4.78 is 0. The molecular weight excluding hydrogens is 238 g/mol. The van der Waals surface area contributed by atoms with Crippen molar-refractivity contribution in [3.8, 4) is 6.07 Å². The number of hydrogen-bond acceptors (Lipinski definition) is 2. The molecular formula is C16H13NO2.